The molecule has 206 valence electrons. The van der Waals surface area contributed by atoms with Gasteiger partial charge in [-0.2, -0.15) is 0 Å². The standard InChI is InChI=1S/C29H26N2O9/c1-3-38-26(34)28(27(35)39-4-2)23(17-11-6-5-7-12-17)29(25(33)18-13-8-9-16-21(18)40-29)24(30-28)19-14-10-15-20(22(19)32)31(36)37/h5-16,23-24,30,32H,3-4H2,1-2H3/t23-,24-,29-/m1/s1. The van der Waals surface area contributed by atoms with E-state index in [0.717, 1.165) is 6.07 Å². The summed E-state index contributed by atoms with van der Waals surface area (Å²) in [6.07, 6.45) is 0. The summed E-state index contributed by atoms with van der Waals surface area (Å²) in [5.74, 6) is -4.58. The third-order valence-electron chi connectivity index (χ3n) is 7.31. The molecule has 40 heavy (non-hydrogen) atoms. The van der Waals surface area contributed by atoms with Gasteiger partial charge in [-0.3, -0.25) is 20.2 Å². The van der Waals surface area contributed by atoms with Crippen LogP contribution in [0.5, 0.6) is 11.5 Å². The number of esters is 2. The Kier molecular flexibility index (Phi) is 6.76. The number of carbonyl (C=O) groups is 3. The lowest BCUT2D eigenvalue weighted by atomic mass is 9.68. The van der Waals surface area contributed by atoms with Gasteiger partial charge in [-0.25, -0.2) is 9.59 Å². The highest BCUT2D eigenvalue weighted by Crippen LogP contribution is 2.60. The lowest BCUT2D eigenvalue weighted by molar-refractivity contribution is -0.386. The maximum atomic E-state index is 14.5. The fraction of sp³-hybridized carbons (Fsp3) is 0.276. The van der Waals surface area contributed by atoms with Crippen LogP contribution < -0.4 is 10.1 Å². The molecule has 2 heterocycles. The van der Waals surface area contributed by atoms with E-state index in [1.807, 2.05) is 0 Å². The number of hydrogen-bond acceptors (Lipinski definition) is 10. The number of ketones is 1. The second-order valence-electron chi connectivity index (χ2n) is 9.36. The van der Waals surface area contributed by atoms with E-state index in [1.54, 1.807) is 68.4 Å². The predicted molar refractivity (Wildman–Crippen MR) is 140 cm³/mol. The summed E-state index contributed by atoms with van der Waals surface area (Å²) in [7, 11) is 0. The molecule has 5 rings (SSSR count). The van der Waals surface area contributed by atoms with Gasteiger partial charge in [0.05, 0.1) is 35.7 Å². The molecular formula is C29H26N2O9. The Balaban J connectivity index is 1.89. The Labute approximate surface area is 228 Å². The summed E-state index contributed by atoms with van der Waals surface area (Å²) in [6.45, 7) is 2.93. The van der Waals surface area contributed by atoms with Crippen molar-refractivity contribution in [2.45, 2.75) is 36.9 Å². The Morgan fingerprint density at radius 2 is 1.60 bits per heavy atom. The Bertz CT molecular complexity index is 1490. The van der Waals surface area contributed by atoms with E-state index in [2.05, 4.69) is 5.32 Å². The number of benzene rings is 3. The van der Waals surface area contributed by atoms with Crippen molar-refractivity contribution in [3.8, 4) is 11.5 Å². The van der Waals surface area contributed by atoms with Crippen LogP contribution in [-0.4, -0.2) is 52.1 Å². The number of Topliss-reactive ketones (excluding diaryl/α,β-unsaturated/α-hetero) is 1. The molecule has 0 unspecified atom stereocenters. The van der Waals surface area contributed by atoms with Crippen LogP contribution in [0.15, 0.2) is 72.8 Å². The number of fused-ring (bicyclic) bond motifs is 1. The number of phenolic OH excluding ortho intramolecular Hbond substituents is 1. The number of rotatable bonds is 7. The second-order valence-corrected chi connectivity index (χ2v) is 9.36. The van der Waals surface area contributed by atoms with Gasteiger partial charge in [0.1, 0.15) is 5.75 Å². The minimum atomic E-state index is -2.34. The summed E-state index contributed by atoms with van der Waals surface area (Å²) >= 11 is 0. The Morgan fingerprint density at radius 1 is 0.975 bits per heavy atom. The van der Waals surface area contributed by atoms with Crippen LogP contribution in [0.2, 0.25) is 0 Å². The number of hydrogen-bond donors (Lipinski definition) is 2. The Morgan fingerprint density at radius 3 is 2.20 bits per heavy atom. The molecule has 2 aliphatic rings. The predicted octanol–water partition coefficient (Wildman–Crippen LogP) is 3.61. The van der Waals surface area contributed by atoms with Crippen molar-refractivity contribution in [3.05, 3.63) is 99.6 Å². The molecule has 1 saturated heterocycles. The summed E-state index contributed by atoms with van der Waals surface area (Å²) in [4.78, 5) is 53.2. The van der Waals surface area contributed by atoms with E-state index >= 15 is 0 Å². The molecular weight excluding hydrogens is 520 g/mol. The molecule has 3 atom stereocenters. The van der Waals surface area contributed by atoms with E-state index in [0.29, 0.717) is 5.56 Å². The number of phenols is 1. The highest BCUT2D eigenvalue weighted by Gasteiger charge is 2.77. The number of para-hydroxylation sites is 2. The van der Waals surface area contributed by atoms with E-state index in [9.17, 15) is 29.6 Å². The smallest absolute Gasteiger partial charge is 0.338 e. The van der Waals surface area contributed by atoms with Crippen molar-refractivity contribution in [3.63, 3.8) is 0 Å². The van der Waals surface area contributed by atoms with Gasteiger partial charge in [-0.15, -0.1) is 0 Å². The maximum Gasteiger partial charge on any atom is 0.338 e. The molecule has 3 aromatic carbocycles. The highest BCUT2D eigenvalue weighted by atomic mass is 16.6. The number of aromatic hydroxyl groups is 1. The van der Waals surface area contributed by atoms with Crippen molar-refractivity contribution < 1.29 is 38.6 Å². The van der Waals surface area contributed by atoms with Crippen LogP contribution in [0.25, 0.3) is 0 Å². The summed E-state index contributed by atoms with van der Waals surface area (Å²) < 4.78 is 17.3. The third kappa shape index (κ3) is 3.73. The number of nitrogens with one attached hydrogen (secondary N) is 1. The summed E-state index contributed by atoms with van der Waals surface area (Å²) in [5.41, 5.74) is -4.61. The number of ether oxygens (including phenoxy) is 3. The quantitative estimate of drug-likeness (QED) is 0.194. The average molecular weight is 547 g/mol. The lowest BCUT2D eigenvalue weighted by Crippen LogP contribution is -2.61. The first-order valence-electron chi connectivity index (χ1n) is 12.7. The van der Waals surface area contributed by atoms with Gasteiger partial charge >= 0.3 is 17.6 Å². The fourth-order valence-corrected chi connectivity index (χ4v) is 5.78. The van der Waals surface area contributed by atoms with Gasteiger partial charge in [-0.1, -0.05) is 54.6 Å². The number of nitro groups is 1. The van der Waals surface area contributed by atoms with Crippen LogP contribution in [0.1, 0.15) is 47.3 Å². The molecule has 2 aliphatic heterocycles. The Hall–Kier alpha value is -4.77. The van der Waals surface area contributed by atoms with Crippen molar-refractivity contribution in [1.82, 2.24) is 5.32 Å². The average Bonchev–Trinajstić information content (AvgIpc) is 3.42. The molecule has 0 radical (unpaired) electrons. The largest absolute Gasteiger partial charge is 0.502 e. The minimum Gasteiger partial charge on any atom is -0.502 e. The van der Waals surface area contributed by atoms with Crippen molar-refractivity contribution in [2.24, 2.45) is 0 Å². The third-order valence-corrected chi connectivity index (χ3v) is 7.31. The summed E-state index contributed by atoms with van der Waals surface area (Å²) in [6, 6.07) is 17.1. The van der Waals surface area contributed by atoms with Gasteiger partial charge < -0.3 is 19.3 Å². The minimum absolute atomic E-state index is 0.0993. The number of nitro benzene ring substituents is 1. The molecule has 11 heteroatoms. The lowest BCUT2D eigenvalue weighted by Gasteiger charge is -2.37. The zero-order valence-electron chi connectivity index (χ0n) is 21.7. The zero-order valence-corrected chi connectivity index (χ0v) is 21.7. The van der Waals surface area contributed by atoms with Crippen molar-refractivity contribution in [2.75, 3.05) is 13.2 Å². The summed E-state index contributed by atoms with van der Waals surface area (Å²) in [5, 5.41) is 25.8. The highest BCUT2D eigenvalue weighted by molar-refractivity contribution is 6.14. The van der Waals surface area contributed by atoms with Crippen LogP contribution in [0.3, 0.4) is 0 Å². The molecule has 0 saturated carbocycles. The first kappa shape index (κ1) is 26.8. The molecule has 2 N–H and O–H groups in total. The second kappa shape index (κ2) is 10.1. The monoisotopic (exact) mass is 546 g/mol. The molecule has 0 amide bonds. The molecule has 1 fully saturated rings. The number of nitrogens with zero attached hydrogens (tertiary/aromatic N) is 1. The maximum absolute atomic E-state index is 14.5. The van der Waals surface area contributed by atoms with E-state index in [1.165, 1.54) is 12.1 Å². The molecule has 0 aliphatic carbocycles. The van der Waals surface area contributed by atoms with Gasteiger partial charge in [0.2, 0.25) is 16.9 Å². The van der Waals surface area contributed by atoms with Gasteiger partial charge in [0.15, 0.2) is 5.75 Å². The normalized spacial score (nSPS) is 22.4. The molecule has 0 bridgehead atoms. The SMILES string of the molecule is CCOC(=O)C1(C(=O)OCC)N[C@H](c2cccc([N+](=O)[O-])c2O)[C@]2(Oc3ccccc3C2=O)[C@@H]1c1ccccc1. The number of carbonyl (C=O) groups excluding carboxylic acids is 3. The van der Waals surface area contributed by atoms with Gasteiger partial charge in [0.25, 0.3) is 0 Å². The molecule has 11 nitrogen and oxygen atoms in total. The van der Waals surface area contributed by atoms with Crippen LogP contribution in [-0.2, 0) is 19.1 Å². The van der Waals surface area contributed by atoms with Crippen LogP contribution >= 0.6 is 0 Å². The first-order valence-corrected chi connectivity index (χ1v) is 12.7. The van der Waals surface area contributed by atoms with Gasteiger partial charge in [-0.05, 0) is 31.5 Å². The first-order chi connectivity index (χ1) is 19.2. The van der Waals surface area contributed by atoms with Crippen LogP contribution in [0.4, 0.5) is 5.69 Å². The van der Waals surface area contributed by atoms with E-state index < -0.39 is 57.2 Å². The van der Waals surface area contributed by atoms with Crippen molar-refractivity contribution in [1.29, 1.82) is 0 Å². The van der Waals surface area contributed by atoms with Crippen LogP contribution in [0, 0.1) is 10.1 Å². The molecule has 0 aromatic heterocycles. The molecule has 1 spiro atoms. The van der Waals surface area contributed by atoms with E-state index in [-0.39, 0.29) is 30.1 Å². The van der Waals surface area contributed by atoms with Gasteiger partial charge in [0, 0.05) is 11.6 Å². The van der Waals surface area contributed by atoms with Crippen molar-refractivity contribution >= 4 is 23.4 Å². The zero-order chi connectivity index (χ0) is 28.7. The topological polar surface area (TPSA) is 154 Å². The molecule has 3 aromatic rings. The van der Waals surface area contributed by atoms with E-state index in [4.69, 9.17) is 14.2 Å². The fourth-order valence-electron chi connectivity index (χ4n) is 5.78.